The van der Waals surface area contributed by atoms with Crippen molar-refractivity contribution in [3.05, 3.63) is 29.8 Å². The third kappa shape index (κ3) is 5.79. The first-order chi connectivity index (χ1) is 11.4. The molecule has 132 valence electrons. The molecule has 0 spiro atoms. The van der Waals surface area contributed by atoms with Crippen molar-refractivity contribution in [1.82, 2.24) is 4.90 Å². The van der Waals surface area contributed by atoms with Gasteiger partial charge in [-0.1, -0.05) is 12.1 Å². The molecule has 7 heteroatoms. The Morgan fingerprint density at radius 1 is 1.29 bits per heavy atom. The van der Waals surface area contributed by atoms with Crippen LogP contribution in [0.3, 0.4) is 0 Å². The second kappa shape index (κ2) is 8.61. The number of rotatable bonds is 7. The molecule has 0 saturated carbocycles. The van der Waals surface area contributed by atoms with Gasteiger partial charge in [0.25, 0.3) is 0 Å². The molecule has 0 bridgehead atoms. The molecule has 1 N–H and O–H groups in total. The minimum absolute atomic E-state index is 0.0300. The smallest absolute Gasteiger partial charge is 0.387 e. The lowest BCUT2D eigenvalue weighted by Gasteiger charge is -2.32. The van der Waals surface area contributed by atoms with Crippen molar-refractivity contribution in [3.8, 4) is 5.75 Å². The van der Waals surface area contributed by atoms with E-state index < -0.39 is 12.6 Å². The number of benzene rings is 1. The maximum absolute atomic E-state index is 12.4. The van der Waals surface area contributed by atoms with Gasteiger partial charge in [-0.25, -0.2) is 0 Å². The number of carboxylic acids is 1. The normalized spacial score (nSPS) is 17.8. The minimum Gasteiger partial charge on any atom is -0.481 e. The van der Waals surface area contributed by atoms with Crippen molar-refractivity contribution in [2.24, 2.45) is 5.92 Å². The molecule has 1 atom stereocenters. The molecule has 24 heavy (non-hydrogen) atoms. The molecular formula is C17H21F2NO4. The van der Waals surface area contributed by atoms with E-state index in [1.165, 1.54) is 12.1 Å². The summed E-state index contributed by atoms with van der Waals surface area (Å²) >= 11 is 0. The molecule has 0 radical (unpaired) electrons. The van der Waals surface area contributed by atoms with Crippen LogP contribution in [0.4, 0.5) is 8.78 Å². The number of nitrogens with zero attached hydrogens (tertiary/aromatic N) is 1. The number of hydrogen-bond donors (Lipinski definition) is 1. The van der Waals surface area contributed by atoms with Crippen LogP contribution < -0.4 is 4.74 Å². The fourth-order valence-corrected chi connectivity index (χ4v) is 2.93. The van der Waals surface area contributed by atoms with Crippen LogP contribution in [0.25, 0.3) is 0 Å². The third-order valence-electron chi connectivity index (χ3n) is 4.14. The average Bonchev–Trinajstić information content (AvgIpc) is 2.54. The highest BCUT2D eigenvalue weighted by Gasteiger charge is 2.24. The molecule has 1 saturated heterocycles. The number of ether oxygens (including phenoxy) is 1. The molecule has 1 heterocycles. The maximum atomic E-state index is 12.4. The van der Waals surface area contributed by atoms with Crippen molar-refractivity contribution in [1.29, 1.82) is 0 Å². The van der Waals surface area contributed by atoms with Crippen molar-refractivity contribution < 1.29 is 28.2 Å². The highest BCUT2D eigenvalue weighted by molar-refractivity contribution is 5.79. The number of alkyl halides is 2. The molecule has 0 aliphatic carbocycles. The van der Waals surface area contributed by atoms with Crippen molar-refractivity contribution in [3.63, 3.8) is 0 Å². The zero-order chi connectivity index (χ0) is 17.5. The van der Waals surface area contributed by atoms with E-state index >= 15 is 0 Å². The summed E-state index contributed by atoms with van der Waals surface area (Å²) in [5, 5.41) is 8.75. The van der Waals surface area contributed by atoms with Crippen LogP contribution in [0.1, 0.15) is 31.2 Å². The predicted octanol–water partition coefficient (Wildman–Crippen LogP) is 2.93. The zero-order valence-electron chi connectivity index (χ0n) is 13.3. The SMILES string of the molecule is O=C(O)CCC1CCCN(C(=O)Cc2ccc(OC(F)F)cc2)C1. The highest BCUT2D eigenvalue weighted by atomic mass is 19.3. The second-order valence-corrected chi connectivity index (χ2v) is 5.98. The standard InChI is InChI=1S/C17H21F2NO4/c18-17(19)24-14-6-3-12(4-7-14)10-15(21)20-9-1-2-13(11-20)5-8-16(22)23/h3-4,6-7,13,17H,1-2,5,8-11H2,(H,22,23). The molecule has 1 unspecified atom stereocenters. The Morgan fingerprint density at radius 3 is 2.62 bits per heavy atom. The summed E-state index contributed by atoms with van der Waals surface area (Å²) in [6.07, 6.45) is 2.71. The van der Waals surface area contributed by atoms with Gasteiger partial charge in [0.2, 0.25) is 5.91 Å². The molecule has 1 amide bonds. The Balaban J connectivity index is 1.85. The summed E-state index contributed by atoms with van der Waals surface area (Å²) in [7, 11) is 0. The Morgan fingerprint density at radius 2 is 2.00 bits per heavy atom. The first-order valence-electron chi connectivity index (χ1n) is 7.97. The first-order valence-corrected chi connectivity index (χ1v) is 7.97. The number of carboxylic acid groups (broad SMARTS) is 1. The summed E-state index contributed by atoms with van der Waals surface area (Å²) < 4.78 is 28.5. The largest absolute Gasteiger partial charge is 0.481 e. The molecule has 1 aliphatic heterocycles. The first kappa shape index (κ1) is 18.2. The minimum atomic E-state index is -2.87. The Labute approximate surface area is 139 Å². The number of carbonyl (C=O) groups is 2. The molecular weight excluding hydrogens is 320 g/mol. The van der Waals surface area contributed by atoms with E-state index in [2.05, 4.69) is 4.74 Å². The van der Waals surface area contributed by atoms with E-state index in [1.807, 2.05) is 0 Å². The molecule has 1 fully saturated rings. The topological polar surface area (TPSA) is 66.8 Å². The lowest BCUT2D eigenvalue weighted by molar-refractivity contribution is -0.137. The Hall–Kier alpha value is -2.18. The lowest BCUT2D eigenvalue weighted by Crippen LogP contribution is -2.40. The van der Waals surface area contributed by atoms with E-state index in [4.69, 9.17) is 5.11 Å². The molecule has 0 aromatic heterocycles. The van der Waals surface area contributed by atoms with Crippen LogP contribution >= 0.6 is 0 Å². The summed E-state index contributed by atoms with van der Waals surface area (Å²) in [6, 6.07) is 6.03. The van der Waals surface area contributed by atoms with Gasteiger partial charge < -0.3 is 14.7 Å². The Kier molecular flexibility index (Phi) is 6.52. The van der Waals surface area contributed by atoms with Gasteiger partial charge in [0.05, 0.1) is 6.42 Å². The van der Waals surface area contributed by atoms with Crippen LogP contribution in [0, 0.1) is 5.92 Å². The number of aliphatic carboxylic acids is 1. The summed E-state index contributed by atoms with van der Waals surface area (Å²) in [5.41, 5.74) is 0.731. The number of carbonyl (C=O) groups excluding carboxylic acids is 1. The van der Waals surface area contributed by atoms with Crippen LogP contribution in [0.5, 0.6) is 5.75 Å². The molecule has 1 aromatic rings. The van der Waals surface area contributed by atoms with Crippen LogP contribution in [-0.2, 0) is 16.0 Å². The van der Waals surface area contributed by atoms with Gasteiger partial charge in [-0.15, -0.1) is 0 Å². The number of likely N-dealkylation sites (tertiary alicyclic amines) is 1. The second-order valence-electron chi connectivity index (χ2n) is 5.98. The number of halogens is 2. The Bertz CT molecular complexity index is 562. The van der Waals surface area contributed by atoms with E-state index in [9.17, 15) is 18.4 Å². The molecule has 5 nitrogen and oxygen atoms in total. The van der Waals surface area contributed by atoms with Crippen molar-refractivity contribution in [2.75, 3.05) is 13.1 Å². The van der Waals surface area contributed by atoms with Crippen LogP contribution in [0.15, 0.2) is 24.3 Å². The molecule has 1 aromatic carbocycles. The fraction of sp³-hybridized carbons (Fsp3) is 0.529. The van der Waals surface area contributed by atoms with E-state index in [-0.39, 0.29) is 30.4 Å². The van der Waals surface area contributed by atoms with Crippen LogP contribution in [-0.4, -0.2) is 41.6 Å². The van der Waals surface area contributed by atoms with Crippen molar-refractivity contribution >= 4 is 11.9 Å². The highest BCUT2D eigenvalue weighted by Crippen LogP contribution is 2.22. The zero-order valence-corrected chi connectivity index (χ0v) is 13.3. The van der Waals surface area contributed by atoms with Crippen LogP contribution in [0.2, 0.25) is 0 Å². The lowest BCUT2D eigenvalue weighted by atomic mass is 9.93. The summed E-state index contributed by atoms with van der Waals surface area (Å²) in [5.74, 6) is -0.560. The summed E-state index contributed by atoms with van der Waals surface area (Å²) in [4.78, 5) is 24.8. The number of amides is 1. The molecule has 1 aliphatic rings. The fourth-order valence-electron chi connectivity index (χ4n) is 2.93. The van der Waals surface area contributed by atoms with Gasteiger partial charge in [0.1, 0.15) is 5.75 Å². The van der Waals surface area contributed by atoms with E-state index in [0.717, 1.165) is 18.4 Å². The van der Waals surface area contributed by atoms with E-state index in [0.29, 0.717) is 19.5 Å². The number of hydrogen-bond acceptors (Lipinski definition) is 3. The van der Waals surface area contributed by atoms with E-state index in [1.54, 1.807) is 17.0 Å². The number of piperidine rings is 1. The monoisotopic (exact) mass is 341 g/mol. The summed E-state index contributed by atoms with van der Waals surface area (Å²) in [6.45, 7) is -1.61. The van der Waals surface area contributed by atoms with Gasteiger partial charge in [-0.3, -0.25) is 9.59 Å². The van der Waals surface area contributed by atoms with Gasteiger partial charge in [0, 0.05) is 19.5 Å². The molecule has 2 rings (SSSR count). The van der Waals surface area contributed by atoms with Crippen molar-refractivity contribution in [2.45, 2.75) is 38.7 Å². The predicted molar refractivity (Wildman–Crippen MR) is 83.0 cm³/mol. The van der Waals surface area contributed by atoms with Gasteiger partial charge in [-0.05, 0) is 42.9 Å². The van der Waals surface area contributed by atoms with Gasteiger partial charge in [0.15, 0.2) is 0 Å². The van der Waals surface area contributed by atoms with Gasteiger partial charge >= 0.3 is 12.6 Å². The quantitative estimate of drug-likeness (QED) is 0.828. The average molecular weight is 341 g/mol. The third-order valence-corrected chi connectivity index (χ3v) is 4.14. The van der Waals surface area contributed by atoms with Gasteiger partial charge in [-0.2, -0.15) is 8.78 Å². The maximum Gasteiger partial charge on any atom is 0.387 e.